The number of ketones is 1. The highest BCUT2D eigenvalue weighted by atomic mass is 32.1. The van der Waals surface area contributed by atoms with Crippen molar-refractivity contribution in [3.05, 3.63) is 71.3 Å². The molecule has 1 fully saturated rings. The summed E-state index contributed by atoms with van der Waals surface area (Å²) in [5.41, 5.74) is 3.12. The fourth-order valence-corrected chi connectivity index (χ4v) is 9.05. The Hall–Kier alpha value is -5.34. The Kier molecular flexibility index (Phi) is 28.8. The van der Waals surface area contributed by atoms with Crippen LogP contribution in [0.5, 0.6) is 0 Å². The second-order valence-electron chi connectivity index (χ2n) is 18.5. The van der Waals surface area contributed by atoms with Crippen molar-refractivity contribution < 1.29 is 54.0 Å². The van der Waals surface area contributed by atoms with E-state index < -0.39 is 41.9 Å². The number of rotatable bonds is 32. The molecule has 18 nitrogen and oxygen atoms in total. The van der Waals surface area contributed by atoms with Crippen molar-refractivity contribution in [1.29, 1.82) is 0 Å². The van der Waals surface area contributed by atoms with E-state index in [1.54, 1.807) is 0 Å². The van der Waals surface area contributed by atoms with Crippen molar-refractivity contribution in [3.63, 3.8) is 0 Å². The minimum absolute atomic E-state index is 0.0511. The monoisotopic (exact) mass is 1010 g/mol. The molecule has 3 amide bonds. The quantitative estimate of drug-likeness (QED) is 0.0391. The van der Waals surface area contributed by atoms with Crippen LogP contribution < -0.4 is 16.0 Å². The molecule has 0 saturated carbocycles. The number of carboxylic acids is 4. The van der Waals surface area contributed by atoms with Crippen molar-refractivity contribution in [2.45, 2.75) is 116 Å². The highest BCUT2D eigenvalue weighted by molar-refractivity contribution is 7.80. The SMILES string of the molecule is CCN1CCN(CC(=O)O)CCN(CC(=O)O)C(Cc2ccc(CC(=S)CCCCCCCNC(=O)[C@@H](CC(=O)CC[C@H](NC(=O)NCCCC(=O)O)C(=O)O)Cc3ccccc3)cc2)CN(CC)CC1. The fraction of sp³-hybridized carbons (Fsp3) is 0.615. The Balaban J connectivity index is 1.44. The number of thiocarbonyl (C=S) groups is 1. The zero-order valence-corrected chi connectivity index (χ0v) is 42.7. The van der Waals surface area contributed by atoms with Gasteiger partial charge in [-0.3, -0.25) is 33.8 Å². The van der Waals surface area contributed by atoms with E-state index in [1.165, 1.54) is 0 Å². The van der Waals surface area contributed by atoms with Gasteiger partial charge in [0.2, 0.25) is 5.91 Å². The summed E-state index contributed by atoms with van der Waals surface area (Å²) in [5, 5.41) is 45.6. The molecule has 3 rings (SSSR count). The third-order valence-electron chi connectivity index (χ3n) is 12.9. The molecule has 394 valence electrons. The number of carbonyl (C=O) groups excluding carboxylic acids is 3. The minimum atomic E-state index is -1.34. The number of amides is 3. The highest BCUT2D eigenvalue weighted by Gasteiger charge is 2.27. The van der Waals surface area contributed by atoms with E-state index in [-0.39, 0.29) is 69.5 Å². The molecule has 7 N–H and O–H groups in total. The van der Waals surface area contributed by atoms with Crippen LogP contribution in [0.4, 0.5) is 4.79 Å². The van der Waals surface area contributed by atoms with Crippen molar-refractivity contribution in [1.82, 2.24) is 35.6 Å². The second-order valence-corrected chi connectivity index (χ2v) is 19.1. The van der Waals surface area contributed by atoms with Gasteiger partial charge in [0.1, 0.15) is 11.8 Å². The molecule has 2 aromatic carbocycles. The van der Waals surface area contributed by atoms with E-state index in [1.807, 2.05) is 40.1 Å². The van der Waals surface area contributed by atoms with Crippen LogP contribution in [0.2, 0.25) is 0 Å². The molecule has 0 aromatic heterocycles. The maximum Gasteiger partial charge on any atom is 0.326 e. The van der Waals surface area contributed by atoms with Gasteiger partial charge in [-0.05, 0) is 79.6 Å². The minimum Gasteiger partial charge on any atom is -0.481 e. The Labute approximate surface area is 424 Å². The lowest BCUT2D eigenvalue weighted by Gasteiger charge is -2.38. The summed E-state index contributed by atoms with van der Waals surface area (Å²) in [5.74, 6) is -5.32. The van der Waals surface area contributed by atoms with Crippen LogP contribution in [-0.4, -0.2) is 184 Å². The molecule has 1 aliphatic heterocycles. The zero-order chi connectivity index (χ0) is 52.0. The van der Waals surface area contributed by atoms with Gasteiger partial charge < -0.3 is 46.2 Å². The largest absolute Gasteiger partial charge is 0.481 e. The number of aliphatic carboxylic acids is 4. The number of hydrogen-bond acceptors (Lipinski definition) is 12. The summed E-state index contributed by atoms with van der Waals surface area (Å²) >= 11 is 5.79. The second kappa shape index (κ2) is 34.1. The molecule has 71 heavy (non-hydrogen) atoms. The van der Waals surface area contributed by atoms with E-state index in [4.69, 9.17) is 17.3 Å². The predicted octanol–water partition coefficient (Wildman–Crippen LogP) is 4.61. The molecule has 1 heterocycles. The average molecular weight is 1010 g/mol. The number of carbonyl (C=O) groups is 7. The standard InChI is InChI=1S/C52H79N7O11S/c1-3-56-26-28-57(4-2)36-43(59(38-49(65)66)31-30-58(29-27-56)37-48(63)64)33-40-18-20-41(21-19-40)34-45(71)16-11-6-5-7-12-24-53-50(67)42(32-39-14-9-8-10-15-39)35-44(60)22-23-46(51(68)69)55-52(70)54-25-13-17-47(61)62/h8-10,14-15,18-21,42-43,46H,3-7,11-13,16-17,22-38H2,1-2H3,(H,53,67)(H,61,62)(H,63,64)(H,65,66)(H,68,69)(H2,54,55,70)/t42-,43?,46+/m1/s1. The first-order valence-corrected chi connectivity index (χ1v) is 25.7. The lowest BCUT2D eigenvalue weighted by Crippen LogP contribution is -2.52. The number of nitrogens with one attached hydrogen (secondary N) is 3. The van der Waals surface area contributed by atoms with Crippen LogP contribution >= 0.6 is 12.2 Å². The lowest BCUT2D eigenvalue weighted by atomic mass is 9.91. The number of hydrogen-bond donors (Lipinski definition) is 7. The number of urea groups is 1. The molecule has 0 spiro atoms. The molecule has 2 aromatic rings. The topological polar surface area (TPSA) is 249 Å². The van der Waals surface area contributed by atoms with Crippen molar-refractivity contribution in [2.24, 2.45) is 5.92 Å². The normalized spacial score (nSPS) is 16.4. The number of Topliss-reactive ketones (excluding diaryl/α,β-unsaturated/α-hetero) is 1. The van der Waals surface area contributed by atoms with Crippen molar-refractivity contribution in [2.75, 3.05) is 85.1 Å². The zero-order valence-electron chi connectivity index (χ0n) is 41.9. The Morgan fingerprint density at radius 2 is 1.24 bits per heavy atom. The summed E-state index contributed by atoms with van der Waals surface area (Å²) in [6, 6.07) is 15.6. The van der Waals surface area contributed by atoms with E-state index in [9.17, 15) is 48.9 Å². The van der Waals surface area contributed by atoms with Gasteiger partial charge in [-0.25, -0.2) is 9.59 Å². The number of likely N-dealkylation sites (N-methyl/N-ethyl adjacent to an activating group) is 2. The van der Waals surface area contributed by atoms with Crippen LogP contribution in [-0.2, 0) is 48.0 Å². The summed E-state index contributed by atoms with van der Waals surface area (Å²) in [7, 11) is 0. The van der Waals surface area contributed by atoms with Gasteiger partial charge in [-0.1, -0.05) is 99.9 Å². The van der Waals surface area contributed by atoms with Gasteiger partial charge in [-0.2, -0.15) is 0 Å². The van der Waals surface area contributed by atoms with Gasteiger partial charge in [0, 0.05) is 96.5 Å². The summed E-state index contributed by atoms with van der Waals surface area (Å²) in [4.78, 5) is 94.6. The first kappa shape index (κ1) is 60.0. The van der Waals surface area contributed by atoms with Crippen LogP contribution in [0, 0.1) is 5.92 Å². The van der Waals surface area contributed by atoms with Gasteiger partial charge in [0.15, 0.2) is 0 Å². The van der Waals surface area contributed by atoms with E-state index in [2.05, 4.69) is 63.9 Å². The van der Waals surface area contributed by atoms with Crippen molar-refractivity contribution in [3.8, 4) is 0 Å². The summed E-state index contributed by atoms with van der Waals surface area (Å²) < 4.78 is 0. The van der Waals surface area contributed by atoms with E-state index in [0.717, 1.165) is 92.8 Å². The highest BCUT2D eigenvalue weighted by Crippen LogP contribution is 2.18. The van der Waals surface area contributed by atoms with Crippen molar-refractivity contribution >= 4 is 58.7 Å². The number of carboxylic acid groups (broad SMARTS) is 4. The predicted molar refractivity (Wildman–Crippen MR) is 276 cm³/mol. The fourth-order valence-electron chi connectivity index (χ4n) is 8.74. The molecular weight excluding hydrogens is 931 g/mol. The average Bonchev–Trinajstić information content (AvgIpc) is 3.32. The molecular formula is C52H79N7O11S. The molecule has 3 atom stereocenters. The molecule has 0 radical (unpaired) electrons. The van der Waals surface area contributed by atoms with Gasteiger partial charge in [-0.15, -0.1) is 0 Å². The molecule has 0 bridgehead atoms. The van der Waals surface area contributed by atoms with Crippen LogP contribution in [0.1, 0.15) is 101 Å². The molecule has 1 unspecified atom stereocenters. The Morgan fingerprint density at radius 1 is 0.634 bits per heavy atom. The summed E-state index contributed by atoms with van der Waals surface area (Å²) in [6.45, 7) is 10.9. The maximum absolute atomic E-state index is 13.4. The maximum atomic E-state index is 13.4. The van der Waals surface area contributed by atoms with Gasteiger partial charge in [0.05, 0.1) is 13.1 Å². The van der Waals surface area contributed by atoms with E-state index >= 15 is 0 Å². The Morgan fingerprint density at radius 3 is 1.89 bits per heavy atom. The Bertz CT molecular complexity index is 1980. The van der Waals surface area contributed by atoms with Crippen LogP contribution in [0.15, 0.2) is 54.6 Å². The third kappa shape index (κ3) is 26.1. The molecule has 1 aliphatic rings. The lowest BCUT2D eigenvalue weighted by molar-refractivity contribution is -0.140. The number of nitrogens with zero attached hydrogens (tertiary/aromatic N) is 4. The van der Waals surface area contributed by atoms with Crippen LogP contribution in [0.25, 0.3) is 0 Å². The molecule has 1 saturated heterocycles. The first-order chi connectivity index (χ1) is 34.0. The van der Waals surface area contributed by atoms with Gasteiger partial charge >= 0.3 is 29.9 Å². The van der Waals surface area contributed by atoms with Crippen LogP contribution in [0.3, 0.4) is 0 Å². The smallest absolute Gasteiger partial charge is 0.326 e. The number of benzene rings is 2. The third-order valence-corrected chi connectivity index (χ3v) is 13.3. The molecule has 19 heteroatoms. The first-order valence-electron chi connectivity index (χ1n) is 25.3. The molecule has 0 aliphatic carbocycles. The number of unbranched alkanes of at least 4 members (excludes halogenated alkanes) is 4. The van der Waals surface area contributed by atoms with E-state index in [0.29, 0.717) is 52.0 Å². The van der Waals surface area contributed by atoms with Gasteiger partial charge in [0.25, 0.3) is 0 Å². The summed E-state index contributed by atoms with van der Waals surface area (Å²) in [6.07, 6.45) is 6.73.